The smallest absolute Gasteiger partial charge is 0.118 e. The average Bonchev–Trinajstić information content (AvgIpc) is 2.56. The third-order valence-corrected chi connectivity index (χ3v) is 3.29. The molecule has 2 nitrogen and oxygen atoms in total. The van der Waals surface area contributed by atoms with Gasteiger partial charge >= 0.3 is 0 Å². The predicted molar refractivity (Wildman–Crippen MR) is 93.3 cm³/mol. The highest BCUT2D eigenvalue weighted by Gasteiger charge is 1.90. The van der Waals surface area contributed by atoms with Crippen LogP contribution in [0.25, 0.3) is 12.2 Å². The fourth-order valence-electron chi connectivity index (χ4n) is 1.86. The molecule has 114 valence electrons. The van der Waals surface area contributed by atoms with Gasteiger partial charge in [0.25, 0.3) is 0 Å². The van der Waals surface area contributed by atoms with Crippen molar-refractivity contribution < 1.29 is 9.47 Å². The van der Waals surface area contributed by atoms with Crippen LogP contribution >= 0.6 is 11.6 Å². The van der Waals surface area contributed by atoms with Gasteiger partial charge in [-0.1, -0.05) is 60.2 Å². The third kappa shape index (κ3) is 5.76. The molecule has 0 saturated carbocycles. The predicted octanol–water partition coefficient (Wildman–Crippen LogP) is 5.09. The maximum Gasteiger partial charge on any atom is 0.118 e. The molecule has 0 amide bonds. The molecule has 0 bridgehead atoms. The average molecular weight is 315 g/mol. The molecule has 0 radical (unpaired) electrons. The Bertz CT molecular complexity index is 613. The minimum absolute atomic E-state index is 0.579. The van der Waals surface area contributed by atoms with Gasteiger partial charge in [-0.05, 0) is 35.4 Å². The van der Waals surface area contributed by atoms with Crippen LogP contribution in [0.2, 0.25) is 5.02 Å². The highest BCUT2D eigenvalue weighted by atomic mass is 35.5. The second-order valence-electron chi connectivity index (χ2n) is 4.67. The van der Waals surface area contributed by atoms with Gasteiger partial charge in [0.2, 0.25) is 0 Å². The van der Waals surface area contributed by atoms with Crippen molar-refractivity contribution >= 4 is 23.8 Å². The summed E-state index contributed by atoms with van der Waals surface area (Å²) in [5, 5.41) is 0.747. The van der Waals surface area contributed by atoms with Crippen LogP contribution in [0.15, 0.2) is 60.7 Å². The fourth-order valence-corrected chi connectivity index (χ4v) is 1.99. The molecule has 22 heavy (non-hydrogen) atoms. The molecule has 2 aromatic carbocycles. The second kappa shape index (κ2) is 9.08. The third-order valence-electron chi connectivity index (χ3n) is 3.03. The summed E-state index contributed by atoms with van der Waals surface area (Å²) in [7, 11) is 1.66. The van der Waals surface area contributed by atoms with Crippen molar-refractivity contribution in [3.05, 3.63) is 76.8 Å². The lowest BCUT2D eigenvalue weighted by atomic mass is 10.2. The van der Waals surface area contributed by atoms with Crippen molar-refractivity contribution in [3.8, 4) is 5.75 Å². The van der Waals surface area contributed by atoms with E-state index in [0.717, 1.165) is 21.9 Å². The minimum atomic E-state index is 0.579. The lowest BCUT2D eigenvalue weighted by Crippen LogP contribution is -1.90. The molecule has 0 aliphatic heterocycles. The van der Waals surface area contributed by atoms with Gasteiger partial charge in [-0.25, -0.2) is 0 Å². The first-order valence-corrected chi connectivity index (χ1v) is 7.46. The van der Waals surface area contributed by atoms with E-state index in [1.54, 1.807) is 7.11 Å². The first-order valence-electron chi connectivity index (χ1n) is 7.08. The number of rotatable bonds is 7. The Kier molecular flexibility index (Phi) is 6.75. The van der Waals surface area contributed by atoms with Crippen LogP contribution in [0.1, 0.15) is 11.1 Å². The molecule has 0 unspecified atom stereocenters. The molecule has 0 heterocycles. The zero-order valence-corrected chi connectivity index (χ0v) is 13.3. The Balaban J connectivity index is 1.68. The number of methoxy groups -OCH3 is 1. The summed E-state index contributed by atoms with van der Waals surface area (Å²) in [6.45, 7) is 1.16. The Morgan fingerprint density at radius 3 is 1.82 bits per heavy atom. The molecule has 0 aliphatic carbocycles. The summed E-state index contributed by atoms with van der Waals surface area (Å²) in [4.78, 5) is 0. The van der Waals surface area contributed by atoms with Gasteiger partial charge in [0, 0.05) is 5.02 Å². The summed E-state index contributed by atoms with van der Waals surface area (Å²) in [6, 6.07) is 15.6. The number of ether oxygens (including phenoxy) is 2. The van der Waals surface area contributed by atoms with Crippen molar-refractivity contribution in [2.45, 2.75) is 0 Å². The number of halogens is 1. The molecular formula is C19H19ClO2. The van der Waals surface area contributed by atoms with E-state index in [2.05, 4.69) is 0 Å². The molecule has 2 aromatic rings. The van der Waals surface area contributed by atoms with Gasteiger partial charge in [-0.3, -0.25) is 0 Å². The second-order valence-corrected chi connectivity index (χ2v) is 5.10. The summed E-state index contributed by atoms with van der Waals surface area (Å²) >= 11 is 5.83. The van der Waals surface area contributed by atoms with Crippen LogP contribution in [-0.4, -0.2) is 20.3 Å². The first-order chi connectivity index (χ1) is 10.8. The topological polar surface area (TPSA) is 18.5 Å². The van der Waals surface area contributed by atoms with Gasteiger partial charge in [-0.2, -0.15) is 0 Å². The Morgan fingerprint density at radius 1 is 0.818 bits per heavy atom. The van der Waals surface area contributed by atoms with E-state index in [9.17, 15) is 0 Å². The van der Waals surface area contributed by atoms with E-state index in [1.165, 1.54) is 0 Å². The quantitative estimate of drug-likeness (QED) is 0.663. The molecule has 3 heteroatoms. The highest BCUT2D eigenvalue weighted by Crippen LogP contribution is 2.12. The zero-order valence-electron chi connectivity index (χ0n) is 12.5. The van der Waals surface area contributed by atoms with E-state index in [0.29, 0.717) is 13.2 Å². The SMILES string of the molecule is COc1ccc(/C=C/COC/C=C/c2ccc(Cl)cc2)cc1. The van der Waals surface area contributed by atoms with Gasteiger partial charge in [0.15, 0.2) is 0 Å². The maximum absolute atomic E-state index is 5.83. The van der Waals surface area contributed by atoms with Crippen molar-refractivity contribution in [2.75, 3.05) is 20.3 Å². The molecule has 0 fully saturated rings. The van der Waals surface area contributed by atoms with Gasteiger partial charge in [0.05, 0.1) is 20.3 Å². The normalized spacial score (nSPS) is 11.4. The minimum Gasteiger partial charge on any atom is -0.497 e. The molecule has 0 N–H and O–H groups in total. The van der Waals surface area contributed by atoms with Gasteiger partial charge in [-0.15, -0.1) is 0 Å². The van der Waals surface area contributed by atoms with Gasteiger partial charge < -0.3 is 9.47 Å². The van der Waals surface area contributed by atoms with E-state index in [1.807, 2.05) is 72.8 Å². The molecule has 0 atom stereocenters. The summed E-state index contributed by atoms with van der Waals surface area (Å²) in [6.07, 6.45) is 8.04. The molecule has 2 rings (SSSR count). The number of benzene rings is 2. The van der Waals surface area contributed by atoms with Crippen LogP contribution in [-0.2, 0) is 4.74 Å². The number of hydrogen-bond acceptors (Lipinski definition) is 2. The number of hydrogen-bond donors (Lipinski definition) is 0. The lowest BCUT2D eigenvalue weighted by molar-refractivity contribution is 0.195. The largest absolute Gasteiger partial charge is 0.497 e. The fraction of sp³-hybridized carbons (Fsp3) is 0.158. The molecular weight excluding hydrogens is 296 g/mol. The van der Waals surface area contributed by atoms with E-state index in [4.69, 9.17) is 21.1 Å². The van der Waals surface area contributed by atoms with Crippen molar-refractivity contribution in [1.29, 1.82) is 0 Å². The monoisotopic (exact) mass is 314 g/mol. The Hall–Kier alpha value is -2.03. The lowest BCUT2D eigenvalue weighted by Gasteiger charge is -1.99. The van der Waals surface area contributed by atoms with Crippen molar-refractivity contribution in [2.24, 2.45) is 0 Å². The standard InChI is InChI=1S/C19H19ClO2/c1-21-19-12-8-17(9-13-19)5-3-15-22-14-2-4-16-6-10-18(20)11-7-16/h2-13H,14-15H2,1H3/b4-2+,5-3+. The van der Waals surface area contributed by atoms with E-state index < -0.39 is 0 Å². The summed E-state index contributed by atoms with van der Waals surface area (Å²) in [5.74, 6) is 0.862. The zero-order chi connectivity index (χ0) is 15.6. The van der Waals surface area contributed by atoms with E-state index in [-0.39, 0.29) is 0 Å². The maximum atomic E-state index is 5.83. The molecule has 0 spiro atoms. The van der Waals surface area contributed by atoms with Crippen molar-refractivity contribution in [3.63, 3.8) is 0 Å². The Morgan fingerprint density at radius 2 is 1.32 bits per heavy atom. The highest BCUT2D eigenvalue weighted by molar-refractivity contribution is 6.30. The Labute approximate surface area is 136 Å². The molecule has 0 aliphatic rings. The van der Waals surface area contributed by atoms with Crippen molar-refractivity contribution in [1.82, 2.24) is 0 Å². The summed E-state index contributed by atoms with van der Waals surface area (Å²) in [5.41, 5.74) is 2.24. The van der Waals surface area contributed by atoms with Crippen LogP contribution in [0.5, 0.6) is 5.75 Å². The van der Waals surface area contributed by atoms with Gasteiger partial charge in [0.1, 0.15) is 5.75 Å². The van der Waals surface area contributed by atoms with Crippen LogP contribution in [0.4, 0.5) is 0 Å². The van der Waals surface area contributed by atoms with Crippen LogP contribution < -0.4 is 4.74 Å². The van der Waals surface area contributed by atoms with Crippen LogP contribution in [0, 0.1) is 0 Å². The molecule has 0 aromatic heterocycles. The summed E-state index contributed by atoms with van der Waals surface area (Å²) < 4.78 is 10.6. The van der Waals surface area contributed by atoms with Crippen LogP contribution in [0.3, 0.4) is 0 Å². The first kappa shape index (κ1) is 16.3. The molecule has 0 saturated heterocycles. The van der Waals surface area contributed by atoms with E-state index >= 15 is 0 Å².